The third kappa shape index (κ3) is 6.32. The fraction of sp³-hybridized carbons (Fsp3) is 0.667. The number of methoxy groups -OCH3 is 1. The van der Waals surface area contributed by atoms with Gasteiger partial charge in [-0.3, -0.25) is 4.79 Å². The number of amides is 1. The van der Waals surface area contributed by atoms with Crippen molar-refractivity contribution in [2.24, 2.45) is 11.3 Å². The van der Waals surface area contributed by atoms with E-state index < -0.39 is 24.0 Å². The molecule has 0 aliphatic heterocycles. The summed E-state index contributed by atoms with van der Waals surface area (Å²) in [6.45, 7) is 10.1. The molecule has 0 aromatic carbocycles. The van der Waals surface area contributed by atoms with Gasteiger partial charge in [0.15, 0.2) is 17.2 Å². The highest BCUT2D eigenvalue weighted by Gasteiger charge is 2.36. The maximum atomic E-state index is 12.5. The third-order valence-corrected chi connectivity index (χ3v) is 4.81. The van der Waals surface area contributed by atoms with Crippen LogP contribution in [-0.2, 0) is 14.3 Å². The summed E-state index contributed by atoms with van der Waals surface area (Å²) in [5, 5.41) is 12.5. The Labute approximate surface area is 171 Å². The molecule has 2 rings (SSSR count). The van der Waals surface area contributed by atoms with E-state index >= 15 is 0 Å². The molecular weight excluding hydrogens is 376 g/mol. The van der Waals surface area contributed by atoms with Gasteiger partial charge in [-0.05, 0) is 38.0 Å². The fourth-order valence-corrected chi connectivity index (χ4v) is 3.05. The monoisotopic (exact) mass is 408 g/mol. The smallest absolute Gasteiger partial charge is 0.328 e. The lowest BCUT2D eigenvalue weighted by Gasteiger charge is -2.35. The second kappa shape index (κ2) is 9.43. The fourth-order valence-electron chi connectivity index (χ4n) is 3.05. The molecule has 29 heavy (non-hydrogen) atoms. The van der Waals surface area contributed by atoms with Gasteiger partial charge in [0.05, 0.1) is 13.2 Å². The largest absolute Gasteiger partial charge is 0.503 e. The lowest BCUT2D eigenvalue weighted by molar-refractivity contribution is -0.165. The molecule has 0 bridgehead atoms. The van der Waals surface area contributed by atoms with Crippen molar-refractivity contribution in [3.05, 3.63) is 18.0 Å². The molecule has 1 aliphatic carbocycles. The molecule has 1 saturated carbocycles. The van der Waals surface area contributed by atoms with E-state index in [1.807, 2.05) is 20.8 Å². The summed E-state index contributed by atoms with van der Waals surface area (Å²) in [6.07, 6.45) is 2.95. The number of pyridine rings is 1. The first-order chi connectivity index (χ1) is 13.5. The molecule has 2 N–H and O–H groups in total. The number of ether oxygens (including phenoxy) is 3. The normalized spacial score (nSPS) is 17.2. The Kier molecular flexibility index (Phi) is 7.46. The first-order valence-corrected chi connectivity index (χ1v) is 9.89. The Morgan fingerprint density at radius 2 is 1.97 bits per heavy atom. The van der Waals surface area contributed by atoms with E-state index in [4.69, 9.17) is 14.2 Å². The van der Waals surface area contributed by atoms with Gasteiger partial charge in [-0.15, -0.1) is 0 Å². The van der Waals surface area contributed by atoms with Gasteiger partial charge in [0.25, 0.3) is 5.91 Å². The quantitative estimate of drug-likeness (QED) is 0.605. The highest BCUT2D eigenvalue weighted by molar-refractivity contribution is 5.97. The summed E-state index contributed by atoms with van der Waals surface area (Å²) in [6, 6.07) is 0.501. The summed E-state index contributed by atoms with van der Waals surface area (Å²) < 4.78 is 16.6. The number of hydrogen-bond donors (Lipinski definition) is 2. The molecule has 3 atom stereocenters. The number of aromatic hydroxyl groups is 1. The van der Waals surface area contributed by atoms with Crippen molar-refractivity contribution in [2.45, 2.75) is 65.7 Å². The SMILES string of the molecule is COc1ccnc(C(=O)N[C@@H](C)C(=O)O[C@@H](C)[C@H](OCC2CC2)C(C)(C)C)c1O. The van der Waals surface area contributed by atoms with Crippen LogP contribution in [0.25, 0.3) is 0 Å². The van der Waals surface area contributed by atoms with Gasteiger partial charge in [0.2, 0.25) is 0 Å². The molecule has 1 aliphatic rings. The van der Waals surface area contributed by atoms with Crippen molar-refractivity contribution in [3.63, 3.8) is 0 Å². The number of aromatic nitrogens is 1. The van der Waals surface area contributed by atoms with Crippen molar-refractivity contribution in [2.75, 3.05) is 13.7 Å². The number of rotatable bonds is 9. The van der Waals surface area contributed by atoms with Crippen molar-refractivity contribution in [1.29, 1.82) is 0 Å². The molecular formula is C21H32N2O6. The predicted octanol–water partition coefficient (Wildman–Crippen LogP) is 2.69. The molecule has 1 heterocycles. The van der Waals surface area contributed by atoms with E-state index in [1.54, 1.807) is 6.92 Å². The lowest BCUT2D eigenvalue weighted by atomic mass is 9.86. The van der Waals surface area contributed by atoms with E-state index in [0.717, 1.165) is 0 Å². The van der Waals surface area contributed by atoms with E-state index in [1.165, 1.54) is 39.1 Å². The molecule has 1 aromatic heterocycles. The Balaban J connectivity index is 1.96. The summed E-state index contributed by atoms with van der Waals surface area (Å²) >= 11 is 0. The van der Waals surface area contributed by atoms with Crippen LogP contribution in [0.3, 0.4) is 0 Å². The molecule has 0 spiro atoms. The molecule has 1 fully saturated rings. The third-order valence-electron chi connectivity index (χ3n) is 4.81. The van der Waals surface area contributed by atoms with Crippen LogP contribution in [0.4, 0.5) is 0 Å². The van der Waals surface area contributed by atoms with Gasteiger partial charge in [0.1, 0.15) is 12.1 Å². The molecule has 1 amide bonds. The highest BCUT2D eigenvalue weighted by atomic mass is 16.6. The first-order valence-electron chi connectivity index (χ1n) is 9.89. The Morgan fingerprint density at radius 1 is 1.31 bits per heavy atom. The molecule has 8 heteroatoms. The van der Waals surface area contributed by atoms with Crippen molar-refractivity contribution in [1.82, 2.24) is 10.3 Å². The molecule has 1 aromatic rings. The Morgan fingerprint density at radius 3 is 2.52 bits per heavy atom. The Bertz CT molecular complexity index is 726. The summed E-state index contributed by atoms with van der Waals surface area (Å²) in [5.74, 6) is -0.949. The van der Waals surface area contributed by atoms with Gasteiger partial charge >= 0.3 is 5.97 Å². The van der Waals surface area contributed by atoms with Crippen LogP contribution in [0, 0.1) is 11.3 Å². The first kappa shape index (κ1) is 22.9. The molecule has 162 valence electrons. The predicted molar refractivity (Wildman–Crippen MR) is 107 cm³/mol. The van der Waals surface area contributed by atoms with E-state index in [0.29, 0.717) is 12.5 Å². The van der Waals surface area contributed by atoms with Gasteiger partial charge in [-0.1, -0.05) is 20.8 Å². The van der Waals surface area contributed by atoms with E-state index in [-0.39, 0.29) is 28.7 Å². The molecule has 0 radical (unpaired) electrons. The Hall–Kier alpha value is -2.35. The summed E-state index contributed by atoms with van der Waals surface area (Å²) in [7, 11) is 1.37. The van der Waals surface area contributed by atoms with Gasteiger partial charge in [0, 0.05) is 18.9 Å². The summed E-state index contributed by atoms with van der Waals surface area (Å²) in [4.78, 5) is 28.8. The van der Waals surface area contributed by atoms with Crippen LogP contribution in [0.15, 0.2) is 12.3 Å². The van der Waals surface area contributed by atoms with E-state index in [2.05, 4.69) is 10.3 Å². The summed E-state index contributed by atoms with van der Waals surface area (Å²) in [5.41, 5.74) is -0.436. The zero-order valence-corrected chi connectivity index (χ0v) is 18.0. The maximum Gasteiger partial charge on any atom is 0.328 e. The second-order valence-electron chi connectivity index (χ2n) is 8.61. The highest BCUT2D eigenvalue weighted by Crippen LogP contribution is 2.33. The number of carbonyl (C=O) groups excluding carboxylic acids is 2. The minimum absolute atomic E-state index is 0.120. The van der Waals surface area contributed by atoms with Crippen molar-refractivity contribution < 1.29 is 28.9 Å². The van der Waals surface area contributed by atoms with Gasteiger partial charge in [-0.2, -0.15) is 0 Å². The van der Waals surface area contributed by atoms with Crippen LogP contribution in [0.1, 0.15) is 57.9 Å². The number of nitrogens with zero attached hydrogens (tertiary/aromatic N) is 1. The topological polar surface area (TPSA) is 107 Å². The number of hydrogen-bond acceptors (Lipinski definition) is 7. The zero-order valence-electron chi connectivity index (χ0n) is 18.0. The van der Waals surface area contributed by atoms with Crippen LogP contribution in [0.5, 0.6) is 11.5 Å². The molecule has 0 saturated heterocycles. The van der Waals surface area contributed by atoms with E-state index in [9.17, 15) is 14.7 Å². The lowest BCUT2D eigenvalue weighted by Crippen LogP contribution is -2.46. The van der Waals surface area contributed by atoms with Crippen LogP contribution in [-0.4, -0.2) is 53.9 Å². The van der Waals surface area contributed by atoms with Crippen molar-refractivity contribution >= 4 is 11.9 Å². The number of esters is 1. The second-order valence-corrected chi connectivity index (χ2v) is 8.61. The minimum atomic E-state index is -0.929. The number of carbonyl (C=O) groups is 2. The standard InChI is InChI=1S/C21H32N2O6/c1-12(23-19(25)16-17(24)15(27-6)9-10-22-16)20(26)29-13(2)18(21(3,4)5)28-11-14-7-8-14/h9-10,12-14,18,24H,7-8,11H2,1-6H3,(H,23,25)/t12-,13-,18-/m0/s1. The minimum Gasteiger partial charge on any atom is -0.503 e. The average molecular weight is 408 g/mol. The maximum absolute atomic E-state index is 12.5. The average Bonchev–Trinajstić information content (AvgIpc) is 3.45. The molecule has 8 nitrogen and oxygen atoms in total. The van der Waals surface area contributed by atoms with Gasteiger partial charge in [-0.25, -0.2) is 9.78 Å². The van der Waals surface area contributed by atoms with Gasteiger partial charge < -0.3 is 24.6 Å². The molecule has 0 unspecified atom stereocenters. The van der Waals surface area contributed by atoms with Crippen LogP contribution < -0.4 is 10.1 Å². The number of nitrogens with one attached hydrogen (secondary N) is 1. The van der Waals surface area contributed by atoms with Crippen LogP contribution in [0.2, 0.25) is 0 Å². The van der Waals surface area contributed by atoms with Crippen LogP contribution >= 0.6 is 0 Å². The zero-order chi connectivity index (χ0) is 21.8. The van der Waals surface area contributed by atoms with Crippen molar-refractivity contribution in [3.8, 4) is 11.5 Å².